The van der Waals surface area contributed by atoms with Gasteiger partial charge in [-0.1, -0.05) is 29.8 Å². The Kier molecular flexibility index (Phi) is 6.26. The number of carbonyl (C=O) groups excluding carboxylic acids is 1. The van der Waals surface area contributed by atoms with Gasteiger partial charge in [-0.05, 0) is 18.2 Å². The number of non-ortho nitro benzene ring substituents is 1. The van der Waals surface area contributed by atoms with E-state index in [1.54, 1.807) is 4.90 Å². The molecule has 0 spiro atoms. The minimum absolute atomic E-state index is 0.105. The number of nitrogens with zero attached hydrogens (tertiary/aromatic N) is 3. The predicted octanol–water partition coefficient (Wildman–Crippen LogP) is 3.09. The fourth-order valence-electron chi connectivity index (χ4n) is 2.95. The van der Waals surface area contributed by atoms with Crippen LogP contribution in [-0.4, -0.2) is 60.0 Å². The van der Waals surface area contributed by atoms with E-state index >= 15 is 0 Å². The molecular weight excluding hydrogens is 370 g/mol. The molecule has 1 aliphatic rings. The molecule has 2 aromatic rings. The molecular formula is C19H20ClN3O4. The maximum atomic E-state index is 12.6. The van der Waals surface area contributed by atoms with Crippen LogP contribution in [0.5, 0.6) is 5.75 Å². The lowest BCUT2D eigenvalue weighted by Gasteiger charge is -2.34. The summed E-state index contributed by atoms with van der Waals surface area (Å²) in [7, 11) is 0. The molecule has 7 nitrogen and oxygen atoms in total. The van der Waals surface area contributed by atoms with Crippen molar-refractivity contribution in [2.45, 2.75) is 0 Å². The number of hydrogen-bond acceptors (Lipinski definition) is 5. The van der Waals surface area contributed by atoms with E-state index in [4.69, 9.17) is 16.3 Å². The van der Waals surface area contributed by atoms with E-state index in [-0.39, 0.29) is 16.6 Å². The summed E-state index contributed by atoms with van der Waals surface area (Å²) in [5.74, 6) is 0.647. The van der Waals surface area contributed by atoms with Crippen LogP contribution >= 0.6 is 11.6 Å². The Morgan fingerprint density at radius 3 is 2.44 bits per heavy atom. The summed E-state index contributed by atoms with van der Waals surface area (Å²) in [6, 6.07) is 13.6. The first-order chi connectivity index (χ1) is 13.0. The SMILES string of the molecule is O=C(c1ccc([N+](=O)[O-])cc1Cl)N1CCN(CCOc2ccccc2)CC1. The molecule has 0 saturated carbocycles. The Hall–Kier alpha value is -2.64. The van der Waals surface area contributed by atoms with E-state index in [0.29, 0.717) is 25.3 Å². The Bertz CT molecular complexity index is 808. The smallest absolute Gasteiger partial charge is 0.270 e. The number of rotatable bonds is 6. The van der Waals surface area contributed by atoms with Crippen molar-refractivity contribution < 1.29 is 14.5 Å². The third-order valence-electron chi connectivity index (χ3n) is 4.47. The molecule has 1 amide bonds. The molecule has 0 bridgehead atoms. The average molecular weight is 390 g/mol. The molecule has 1 aliphatic heterocycles. The molecule has 8 heteroatoms. The average Bonchev–Trinajstić information content (AvgIpc) is 2.69. The fourth-order valence-corrected chi connectivity index (χ4v) is 3.20. The second kappa shape index (κ2) is 8.83. The number of amides is 1. The van der Waals surface area contributed by atoms with Gasteiger partial charge in [0.1, 0.15) is 12.4 Å². The van der Waals surface area contributed by atoms with Gasteiger partial charge in [-0.2, -0.15) is 0 Å². The molecule has 0 atom stereocenters. The summed E-state index contributed by atoms with van der Waals surface area (Å²) < 4.78 is 5.70. The highest BCUT2D eigenvalue weighted by Crippen LogP contribution is 2.24. The number of nitro benzene ring substituents is 1. The third-order valence-corrected chi connectivity index (χ3v) is 4.79. The molecule has 142 valence electrons. The number of hydrogen-bond donors (Lipinski definition) is 0. The number of carbonyl (C=O) groups is 1. The van der Waals surface area contributed by atoms with Gasteiger partial charge in [-0.25, -0.2) is 0 Å². The maximum Gasteiger partial charge on any atom is 0.270 e. The van der Waals surface area contributed by atoms with Gasteiger partial charge >= 0.3 is 0 Å². The number of ether oxygens (including phenoxy) is 1. The van der Waals surface area contributed by atoms with Crippen molar-refractivity contribution in [2.24, 2.45) is 0 Å². The molecule has 3 rings (SSSR count). The molecule has 2 aromatic carbocycles. The van der Waals surface area contributed by atoms with Crippen molar-refractivity contribution in [2.75, 3.05) is 39.3 Å². The molecule has 0 aromatic heterocycles. The Labute approximate surface area is 162 Å². The minimum Gasteiger partial charge on any atom is -0.492 e. The van der Waals surface area contributed by atoms with Crippen molar-refractivity contribution >= 4 is 23.2 Å². The van der Waals surface area contributed by atoms with Crippen LogP contribution in [0.15, 0.2) is 48.5 Å². The van der Waals surface area contributed by atoms with E-state index in [9.17, 15) is 14.9 Å². The molecule has 0 aliphatic carbocycles. The zero-order valence-corrected chi connectivity index (χ0v) is 15.5. The third kappa shape index (κ3) is 4.96. The van der Waals surface area contributed by atoms with Gasteiger partial charge < -0.3 is 9.64 Å². The van der Waals surface area contributed by atoms with Crippen LogP contribution in [0.2, 0.25) is 5.02 Å². The molecule has 0 radical (unpaired) electrons. The first-order valence-electron chi connectivity index (χ1n) is 8.68. The van der Waals surface area contributed by atoms with E-state index in [1.165, 1.54) is 18.2 Å². The van der Waals surface area contributed by atoms with Crippen molar-refractivity contribution in [3.05, 3.63) is 69.2 Å². The summed E-state index contributed by atoms with van der Waals surface area (Å²) in [5.41, 5.74) is 0.169. The normalized spacial score (nSPS) is 14.8. The largest absolute Gasteiger partial charge is 0.492 e. The Morgan fingerprint density at radius 1 is 1.11 bits per heavy atom. The first-order valence-corrected chi connectivity index (χ1v) is 9.06. The first kappa shape index (κ1) is 19.1. The van der Waals surface area contributed by atoms with Crippen LogP contribution in [0.4, 0.5) is 5.69 Å². The van der Waals surface area contributed by atoms with Crippen molar-refractivity contribution in [1.29, 1.82) is 0 Å². The molecule has 1 heterocycles. The number of para-hydroxylation sites is 1. The minimum atomic E-state index is -0.531. The summed E-state index contributed by atoms with van der Waals surface area (Å²) in [6.45, 7) is 4.03. The summed E-state index contributed by atoms with van der Waals surface area (Å²) in [4.78, 5) is 26.9. The predicted molar refractivity (Wildman–Crippen MR) is 102 cm³/mol. The van der Waals surface area contributed by atoms with Gasteiger partial charge in [0.05, 0.1) is 15.5 Å². The summed E-state index contributed by atoms with van der Waals surface area (Å²) in [6.07, 6.45) is 0. The van der Waals surface area contributed by atoms with Crippen LogP contribution < -0.4 is 4.74 Å². The topological polar surface area (TPSA) is 75.9 Å². The van der Waals surface area contributed by atoms with Gasteiger partial charge in [-0.15, -0.1) is 0 Å². The summed E-state index contributed by atoms with van der Waals surface area (Å²) >= 11 is 6.06. The zero-order valence-electron chi connectivity index (χ0n) is 14.7. The van der Waals surface area contributed by atoms with Crippen molar-refractivity contribution in [3.63, 3.8) is 0 Å². The monoisotopic (exact) mass is 389 g/mol. The van der Waals surface area contributed by atoms with Gasteiger partial charge in [0.2, 0.25) is 0 Å². The van der Waals surface area contributed by atoms with E-state index in [2.05, 4.69) is 4.90 Å². The Balaban J connectivity index is 1.48. The van der Waals surface area contributed by atoms with Crippen LogP contribution in [0.1, 0.15) is 10.4 Å². The lowest BCUT2D eigenvalue weighted by Crippen LogP contribution is -2.49. The number of piperazine rings is 1. The molecule has 1 fully saturated rings. The molecule has 0 N–H and O–H groups in total. The highest BCUT2D eigenvalue weighted by molar-refractivity contribution is 6.34. The number of nitro groups is 1. The highest BCUT2D eigenvalue weighted by atomic mass is 35.5. The van der Waals surface area contributed by atoms with Gasteiger partial charge in [0.25, 0.3) is 11.6 Å². The lowest BCUT2D eigenvalue weighted by atomic mass is 10.1. The second-order valence-electron chi connectivity index (χ2n) is 6.22. The lowest BCUT2D eigenvalue weighted by molar-refractivity contribution is -0.384. The number of benzene rings is 2. The molecule has 0 unspecified atom stereocenters. The van der Waals surface area contributed by atoms with Crippen LogP contribution in [0, 0.1) is 10.1 Å². The van der Waals surface area contributed by atoms with E-state index < -0.39 is 4.92 Å². The van der Waals surface area contributed by atoms with Gasteiger partial charge in [0.15, 0.2) is 0 Å². The standard InChI is InChI=1S/C19H20ClN3O4/c20-18-14-15(23(25)26)6-7-17(18)19(24)22-10-8-21(9-11-22)12-13-27-16-4-2-1-3-5-16/h1-7,14H,8-13H2. The Morgan fingerprint density at radius 2 is 1.81 bits per heavy atom. The van der Waals surface area contributed by atoms with Crippen LogP contribution in [-0.2, 0) is 0 Å². The maximum absolute atomic E-state index is 12.6. The van der Waals surface area contributed by atoms with Crippen LogP contribution in [0.25, 0.3) is 0 Å². The van der Waals surface area contributed by atoms with Crippen molar-refractivity contribution in [1.82, 2.24) is 9.80 Å². The number of halogens is 1. The van der Waals surface area contributed by atoms with Crippen LogP contribution in [0.3, 0.4) is 0 Å². The second-order valence-corrected chi connectivity index (χ2v) is 6.62. The summed E-state index contributed by atoms with van der Waals surface area (Å²) in [5, 5.41) is 10.9. The van der Waals surface area contributed by atoms with Gasteiger partial charge in [-0.3, -0.25) is 19.8 Å². The van der Waals surface area contributed by atoms with Crippen molar-refractivity contribution in [3.8, 4) is 5.75 Å². The van der Waals surface area contributed by atoms with Gasteiger partial charge in [0, 0.05) is 44.9 Å². The molecule has 1 saturated heterocycles. The quantitative estimate of drug-likeness (QED) is 0.560. The zero-order chi connectivity index (χ0) is 19.2. The van der Waals surface area contributed by atoms with E-state index in [0.717, 1.165) is 25.4 Å². The fraction of sp³-hybridized carbons (Fsp3) is 0.316. The molecule has 27 heavy (non-hydrogen) atoms. The van der Waals surface area contributed by atoms with E-state index in [1.807, 2.05) is 30.3 Å². The highest BCUT2D eigenvalue weighted by Gasteiger charge is 2.24.